The first-order chi connectivity index (χ1) is 13.8. The van der Waals surface area contributed by atoms with E-state index in [1.807, 2.05) is 0 Å². The third kappa shape index (κ3) is 10.2. The van der Waals surface area contributed by atoms with E-state index in [0.29, 0.717) is 0 Å². The van der Waals surface area contributed by atoms with Gasteiger partial charge in [0.1, 0.15) is 12.1 Å². The third-order valence-electron chi connectivity index (χ3n) is 4.18. The Hall–Kier alpha value is -2.73. The second-order valence-corrected chi connectivity index (χ2v) is 7.60. The number of aliphatic hydroxyl groups excluding tert-OH is 1. The molecule has 5 atom stereocenters. The quantitative estimate of drug-likeness (QED) is 0.166. The Balaban J connectivity index is 5.04. The number of carbonyl (C=O) groups is 5. The number of carboxylic acid groups (broad SMARTS) is 1. The van der Waals surface area contributed by atoms with Crippen LogP contribution in [0.3, 0.4) is 0 Å². The summed E-state index contributed by atoms with van der Waals surface area (Å²) < 4.78 is 0. The molecule has 0 rings (SSSR count). The van der Waals surface area contributed by atoms with Crippen LogP contribution >= 0.6 is 0 Å². The van der Waals surface area contributed by atoms with Crippen LogP contribution in [0.15, 0.2) is 0 Å². The molecule has 9 N–H and O–H groups in total. The zero-order chi connectivity index (χ0) is 23.6. The summed E-state index contributed by atoms with van der Waals surface area (Å²) in [6.45, 7) is 6.21. The number of carboxylic acids is 1. The summed E-state index contributed by atoms with van der Waals surface area (Å²) in [5.41, 5.74) is 10.7. The molecule has 4 amide bonds. The Bertz CT molecular complexity index is 638. The lowest BCUT2D eigenvalue weighted by atomic mass is 10.0. The molecular weight excluding hydrogens is 398 g/mol. The first kappa shape index (κ1) is 27.3. The minimum atomic E-state index is -1.54. The zero-order valence-corrected chi connectivity index (χ0v) is 17.7. The minimum absolute atomic E-state index is 0.0177. The van der Waals surface area contributed by atoms with E-state index in [-0.39, 0.29) is 25.2 Å². The van der Waals surface area contributed by atoms with Crippen LogP contribution in [0, 0.1) is 5.92 Å². The highest BCUT2D eigenvalue weighted by molar-refractivity contribution is 5.94. The molecule has 0 aromatic rings. The minimum Gasteiger partial charge on any atom is -0.480 e. The summed E-state index contributed by atoms with van der Waals surface area (Å²) in [4.78, 5) is 58.9. The van der Waals surface area contributed by atoms with Crippen molar-refractivity contribution in [2.45, 2.75) is 77.2 Å². The molecular formula is C18H33N5O7. The normalized spacial score (nSPS) is 16.0. The predicted octanol–water partition coefficient (Wildman–Crippen LogP) is -2.43. The molecule has 0 bridgehead atoms. The lowest BCUT2D eigenvalue weighted by Crippen LogP contribution is -2.58. The SMILES string of the molecule is CC(C)CC(NC(=O)C(C)NC(=O)C(N)CCC(N)=O)C(=O)NC(C(=O)O)C(C)O. The number of primary amides is 1. The fourth-order valence-corrected chi connectivity index (χ4v) is 2.46. The average molecular weight is 431 g/mol. The predicted molar refractivity (Wildman–Crippen MR) is 107 cm³/mol. The van der Waals surface area contributed by atoms with Gasteiger partial charge in [0.25, 0.3) is 0 Å². The van der Waals surface area contributed by atoms with Gasteiger partial charge in [0.15, 0.2) is 6.04 Å². The highest BCUT2D eigenvalue weighted by Crippen LogP contribution is 2.07. The van der Waals surface area contributed by atoms with Gasteiger partial charge < -0.3 is 37.6 Å². The molecule has 12 nitrogen and oxygen atoms in total. The Kier molecular flexibility index (Phi) is 11.6. The summed E-state index contributed by atoms with van der Waals surface area (Å²) in [6.07, 6.45) is -1.21. The van der Waals surface area contributed by atoms with Crippen LogP contribution in [0.25, 0.3) is 0 Å². The van der Waals surface area contributed by atoms with Gasteiger partial charge in [-0.25, -0.2) is 4.79 Å². The lowest BCUT2D eigenvalue weighted by Gasteiger charge is -2.25. The number of aliphatic carboxylic acids is 1. The molecule has 0 aromatic carbocycles. The molecule has 0 heterocycles. The number of rotatable bonds is 13. The first-order valence-electron chi connectivity index (χ1n) is 9.62. The van der Waals surface area contributed by atoms with Crippen LogP contribution in [-0.2, 0) is 24.0 Å². The van der Waals surface area contributed by atoms with Gasteiger partial charge in [0.2, 0.25) is 23.6 Å². The highest BCUT2D eigenvalue weighted by Gasteiger charge is 2.31. The van der Waals surface area contributed by atoms with Gasteiger partial charge in [0.05, 0.1) is 12.1 Å². The molecule has 0 saturated heterocycles. The Labute approximate surface area is 175 Å². The van der Waals surface area contributed by atoms with Crippen LogP contribution in [0.1, 0.15) is 47.0 Å². The molecule has 0 aliphatic heterocycles. The molecule has 30 heavy (non-hydrogen) atoms. The molecule has 0 spiro atoms. The van der Waals surface area contributed by atoms with Crippen molar-refractivity contribution in [1.82, 2.24) is 16.0 Å². The molecule has 0 aromatic heterocycles. The van der Waals surface area contributed by atoms with Gasteiger partial charge in [-0.3, -0.25) is 19.2 Å². The Morgan fingerprint density at radius 2 is 1.47 bits per heavy atom. The molecule has 5 unspecified atom stereocenters. The van der Waals surface area contributed by atoms with E-state index in [9.17, 15) is 29.1 Å². The number of nitrogens with two attached hydrogens (primary N) is 2. The topological polar surface area (TPSA) is 214 Å². The number of hydrogen-bond acceptors (Lipinski definition) is 7. The zero-order valence-electron chi connectivity index (χ0n) is 17.7. The molecule has 0 fully saturated rings. The highest BCUT2D eigenvalue weighted by atomic mass is 16.4. The van der Waals surface area contributed by atoms with Gasteiger partial charge in [-0.2, -0.15) is 0 Å². The van der Waals surface area contributed by atoms with Crippen LogP contribution in [0.4, 0.5) is 0 Å². The third-order valence-corrected chi connectivity index (χ3v) is 4.18. The van der Waals surface area contributed by atoms with E-state index in [2.05, 4.69) is 16.0 Å². The van der Waals surface area contributed by atoms with E-state index >= 15 is 0 Å². The van der Waals surface area contributed by atoms with Crippen molar-refractivity contribution in [3.8, 4) is 0 Å². The molecule has 0 saturated carbocycles. The molecule has 12 heteroatoms. The van der Waals surface area contributed by atoms with Crippen molar-refractivity contribution in [1.29, 1.82) is 0 Å². The van der Waals surface area contributed by atoms with Crippen LogP contribution in [0.5, 0.6) is 0 Å². The monoisotopic (exact) mass is 431 g/mol. The second-order valence-electron chi connectivity index (χ2n) is 7.60. The number of carbonyl (C=O) groups excluding carboxylic acids is 4. The van der Waals surface area contributed by atoms with Crippen LogP contribution in [-0.4, -0.2) is 70.1 Å². The Morgan fingerprint density at radius 3 is 1.90 bits per heavy atom. The van der Waals surface area contributed by atoms with Crippen molar-refractivity contribution in [3.05, 3.63) is 0 Å². The van der Waals surface area contributed by atoms with Gasteiger partial charge in [0, 0.05) is 6.42 Å². The van der Waals surface area contributed by atoms with E-state index in [1.165, 1.54) is 13.8 Å². The Morgan fingerprint density at radius 1 is 0.900 bits per heavy atom. The summed E-state index contributed by atoms with van der Waals surface area (Å²) in [5, 5.41) is 25.7. The summed E-state index contributed by atoms with van der Waals surface area (Å²) >= 11 is 0. The fourth-order valence-electron chi connectivity index (χ4n) is 2.46. The lowest BCUT2D eigenvalue weighted by molar-refractivity contribution is -0.145. The van der Waals surface area contributed by atoms with Crippen molar-refractivity contribution in [3.63, 3.8) is 0 Å². The average Bonchev–Trinajstić information content (AvgIpc) is 2.61. The maximum atomic E-state index is 12.5. The van der Waals surface area contributed by atoms with Crippen LogP contribution < -0.4 is 27.4 Å². The summed E-state index contributed by atoms with van der Waals surface area (Å²) in [7, 11) is 0. The first-order valence-corrected chi connectivity index (χ1v) is 9.62. The standard InChI is InChI=1S/C18H33N5O7/c1-8(2)7-12(17(28)23-14(10(4)24)18(29)30)22-15(26)9(3)21-16(27)11(19)5-6-13(20)25/h8-12,14,24H,5-7,19H2,1-4H3,(H2,20,25)(H,21,27)(H,22,26)(H,23,28)(H,29,30). The number of aliphatic hydroxyl groups is 1. The van der Waals surface area contributed by atoms with Crippen molar-refractivity contribution >= 4 is 29.6 Å². The molecule has 0 radical (unpaired) electrons. The van der Waals surface area contributed by atoms with Crippen molar-refractivity contribution in [2.24, 2.45) is 17.4 Å². The van der Waals surface area contributed by atoms with Crippen molar-refractivity contribution in [2.75, 3.05) is 0 Å². The van der Waals surface area contributed by atoms with E-state index in [1.54, 1.807) is 13.8 Å². The molecule has 172 valence electrons. The van der Waals surface area contributed by atoms with E-state index in [4.69, 9.17) is 16.6 Å². The summed E-state index contributed by atoms with van der Waals surface area (Å²) in [5.74, 6) is -4.17. The van der Waals surface area contributed by atoms with Gasteiger partial charge in [-0.05, 0) is 32.6 Å². The van der Waals surface area contributed by atoms with Crippen molar-refractivity contribution < 1.29 is 34.2 Å². The van der Waals surface area contributed by atoms with E-state index < -0.39 is 59.9 Å². The molecule has 0 aliphatic carbocycles. The summed E-state index contributed by atoms with van der Waals surface area (Å²) in [6, 6.07) is -4.71. The second kappa shape index (κ2) is 12.8. The number of amides is 4. The maximum Gasteiger partial charge on any atom is 0.328 e. The smallest absolute Gasteiger partial charge is 0.328 e. The largest absolute Gasteiger partial charge is 0.480 e. The van der Waals surface area contributed by atoms with Gasteiger partial charge >= 0.3 is 5.97 Å². The maximum absolute atomic E-state index is 12.5. The fraction of sp³-hybridized carbons (Fsp3) is 0.722. The number of hydrogen-bond donors (Lipinski definition) is 7. The van der Waals surface area contributed by atoms with Gasteiger partial charge in [-0.1, -0.05) is 13.8 Å². The van der Waals surface area contributed by atoms with E-state index in [0.717, 1.165) is 0 Å². The van der Waals surface area contributed by atoms with Crippen LogP contribution in [0.2, 0.25) is 0 Å². The number of nitrogens with one attached hydrogen (secondary N) is 3. The molecule has 0 aliphatic rings. The van der Waals surface area contributed by atoms with Gasteiger partial charge in [-0.15, -0.1) is 0 Å².